The molecule has 2 aromatic carbocycles. The number of hydrogen-bond acceptors (Lipinski definition) is 2. The number of carbonyl (C=O) groups is 1. The second-order valence-electron chi connectivity index (χ2n) is 3.86. The molecule has 1 N–H and O–H groups in total. The molecule has 2 rings (SSSR count). The normalized spacial score (nSPS) is 10.2. The van der Waals surface area contributed by atoms with E-state index in [0.717, 1.165) is 4.47 Å². The molecule has 0 unspecified atom stereocenters. The van der Waals surface area contributed by atoms with Crippen molar-refractivity contribution in [2.45, 2.75) is 6.61 Å². The highest BCUT2D eigenvalue weighted by molar-refractivity contribution is 9.10. The predicted molar refractivity (Wildman–Crippen MR) is 71.8 cm³/mol. The largest absolute Gasteiger partial charge is 0.489 e. The summed E-state index contributed by atoms with van der Waals surface area (Å²) in [5, 5.41) is 8.86. The molecule has 0 aliphatic heterocycles. The quantitative estimate of drug-likeness (QED) is 0.928. The summed E-state index contributed by atoms with van der Waals surface area (Å²) >= 11 is 3.30. The smallest absolute Gasteiger partial charge is 0.335 e. The van der Waals surface area contributed by atoms with Gasteiger partial charge in [-0.3, -0.25) is 0 Å². The second kappa shape index (κ2) is 5.84. The number of ether oxygens (including phenoxy) is 1. The molecule has 2 aromatic rings. The molecule has 0 fully saturated rings. The van der Waals surface area contributed by atoms with Gasteiger partial charge in [-0.15, -0.1) is 0 Å². The third-order valence-electron chi connectivity index (χ3n) is 2.48. The third-order valence-corrected chi connectivity index (χ3v) is 3.26. The van der Waals surface area contributed by atoms with E-state index in [1.165, 1.54) is 24.3 Å². The lowest BCUT2D eigenvalue weighted by Crippen LogP contribution is -2.00. The van der Waals surface area contributed by atoms with Crippen LogP contribution in [-0.4, -0.2) is 11.1 Å². The fourth-order valence-corrected chi connectivity index (χ4v) is 1.90. The summed E-state index contributed by atoms with van der Waals surface area (Å²) in [7, 11) is 0. The van der Waals surface area contributed by atoms with Gasteiger partial charge in [-0.2, -0.15) is 0 Å². The Labute approximate surface area is 117 Å². The lowest BCUT2D eigenvalue weighted by Gasteiger charge is -2.08. The van der Waals surface area contributed by atoms with Crippen molar-refractivity contribution in [3.05, 3.63) is 63.9 Å². The van der Waals surface area contributed by atoms with Gasteiger partial charge in [0.2, 0.25) is 0 Å². The Hall–Kier alpha value is -1.88. The van der Waals surface area contributed by atoms with Crippen molar-refractivity contribution in [3.8, 4) is 5.75 Å². The van der Waals surface area contributed by atoms with Gasteiger partial charge in [-0.05, 0) is 36.4 Å². The second-order valence-corrected chi connectivity index (χ2v) is 4.71. The lowest BCUT2D eigenvalue weighted by atomic mass is 10.2. The Balaban J connectivity index is 2.12. The van der Waals surface area contributed by atoms with E-state index in [2.05, 4.69) is 15.9 Å². The van der Waals surface area contributed by atoms with Crippen LogP contribution in [0.5, 0.6) is 5.75 Å². The summed E-state index contributed by atoms with van der Waals surface area (Å²) in [6.07, 6.45) is 0. The van der Waals surface area contributed by atoms with Crippen LogP contribution >= 0.6 is 15.9 Å². The monoisotopic (exact) mass is 324 g/mol. The standard InChI is InChI=1S/C14H10BrFO3/c15-13-5-4-11(16)6-10(13)8-19-12-3-1-2-9(7-12)14(17)18/h1-7H,8H2,(H,17,18). The average molecular weight is 325 g/mol. The van der Waals surface area contributed by atoms with Crippen molar-refractivity contribution in [3.63, 3.8) is 0 Å². The van der Waals surface area contributed by atoms with E-state index >= 15 is 0 Å². The van der Waals surface area contributed by atoms with Gasteiger partial charge in [0.15, 0.2) is 0 Å². The number of aromatic carboxylic acids is 1. The zero-order valence-corrected chi connectivity index (χ0v) is 11.4. The molecule has 0 saturated carbocycles. The molecule has 0 heterocycles. The first-order chi connectivity index (χ1) is 9.06. The SMILES string of the molecule is O=C(O)c1cccc(OCc2cc(F)ccc2Br)c1. The lowest BCUT2D eigenvalue weighted by molar-refractivity contribution is 0.0696. The van der Waals surface area contributed by atoms with Gasteiger partial charge in [-0.1, -0.05) is 22.0 Å². The zero-order valence-electron chi connectivity index (χ0n) is 9.77. The molecule has 0 aliphatic rings. The predicted octanol–water partition coefficient (Wildman–Crippen LogP) is 3.87. The Bertz CT molecular complexity index is 613. The summed E-state index contributed by atoms with van der Waals surface area (Å²) < 4.78 is 19.3. The number of rotatable bonds is 4. The van der Waals surface area contributed by atoms with Gasteiger partial charge < -0.3 is 9.84 Å². The molecule has 0 aliphatic carbocycles. The summed E-state index contributed by atoms with van der Waals surface area (Å²) in [5.74, 6) is -0.936. The van der Waals surface area contributed by atoms with Gasteiger partial charge in [-0.25, -0.2) is 9.18 Å². The number of carboxylic acid groups (broad SMARTS) is 1. The van der Waals surface area contributed by atoms with Crippen LogP contribution in [0, 0.1) is 5.82 Å². The van der Waals surface area contributed by atoms with Gasteiger partial charge in [0, 0.05) is 10.0 Å². The summed E-state index contributed by atoms with van der Waals surface area (Å²) in [6.45, 7) is 0.154. The molecule has 19 heavy (non-hydrogen) atoms. The van der Waals surface area contributed by atoms with Crippen LogP contribution in [0.25, 0.3) is 0 Å². The Morgan fingerprint density at radius 1 is 1.26 bits per heavy atom. The fourth-order valence-electron chi connectivity index (χ4n) is 1.53. The summed E-state index contributed by atoms with van der Waals surface area (Å²) in [6, 6.07) is 10.5. The van der Waals surface area contributed by atoms with E-state index in [-0.39, 0.29) is 18.0 Å². The molecule has 5 heteroatoms. The molecule has 0 saturated heterocycles. The highest BCUT2D eigenvalue weighted by Gasteiger charge is 2.06. The minimum absolute atomic E-state index is 0.149. The van der Waals surface area contributed by atoms with E-state index in [4.69, 9.17) is 9.84 Å². The van der Waals surface area contributed by atoms with Crippen LogP contribution in [0.4, 0.5) is 4.39 Å². The van der Waals surface area contributed by atoms with Crippen LogP contribution in [0.3, 0.4) is 0 Å². The number of benzene rings is 2. The van der Waals surface area contributed by atoms with Gasteiger partial charge >= 0.3 is 5.97 Å². The minimum atomic E-state index is -1.02. The molecular formula is C14H10BrFO3. The van der Waals surface area contributed by atoms with Crippen LogP contribution < -0.4 is 4.74 Å². The molecular weight excluding hydrogens is 315 g/mol. The van der Waals surface area contributed by atoms with Crippen molar-refractivity contribution < 1.29 is 19.0 Å². The van der Waals surface area contributed by atoms with Crippen molar-refractivity contribution >= 4 is 21.9 Å². The van der Waals surface area contributed by atoms with E-state index in [9.17, 15) is 9.18 Å². The maximum atomic E-state index is 13.1. The first kappa shape index (κ1) is 13.5. The minimum Gasteiger partial charge on any atom is -0.489 e. The molecule has 0 bridgehead atoms. The van der Waals surface area contributed by atoms with Crippen LogP contribution in [0.2, 0.25) is 0 Å². The van der Waals surface area contributed by atoms with E-state index in [0.29, 0.717) is 11.3 Å². The molecule has 3 nitrogen and oxygen atoms in total. The van der Waals surface area contributed by atoms with Crippen molar-refractivity contribution in [2.24, 2.45) is 0 Å². The maximum Gasteiger partial charge on any atom is 0.335 e. The van der Waals surface area contributed by atoms with Crippen molar-refractivity contribution in [2.75, 3.05) is 0 Å². The van der Waals surface area contributed by atoms with Gasteiger partial charge in [0.05, 0.1) is 5.56 Å². The van der Waals surface area contributed by atoms with E-state index in [1.807, 2.05) is 0 Å². The maximum absolute atomic E-state index is 13.1. The topological polar surface area (TPSA) is 46.5 Å². The molecule has 0 amide bonds. The molecule has 0 atom stereocenters. The van der Waals surface area contributed by atoms with Crippen LogP contribution in [0.1, 0.15) is 15.9 Å². The molecule has 0 aromatic heterocycles. The Kier molecular flexibility index (Phi) is 4.16. The van der Waals surface area contributed by atoms with Crippen LogP contribution in [-0.2, 0) is 6.61 Å². The highest BCUT2D eigenvalue weighted by atomic mass is 79.9. The van der Waals surface area contributed by atoms with E-state index < -0.39 is 5.97 Å². The Morgan fingerprint density at radius 2 is 2.05 bits per heavy atom. The van der Waals surface area contributed by atoms with E-state index in [1.54, 1.807) is 18.2 Å². The van der Waals surface area contributed by atoms with Crippen molar-refractivity contribution in [1.82, 2.24) is 0 Å². The number of halogens is 2. The summed E-state index contributed by atoms with van der Waals surface area (Å²) in [4.78, 5) is 10.8. The fraction of sp³-hybridized carbons (Fsp3) is 0.0714. The molecule has 98 valence electrons. The Morgan fingerprint density at radius 3 is 2.79 bits per heavy atom. The number of hydrogen-bond donors (Lipinski definition) is 1. The third kappa shape index (κ3) is 3.54. The van der Waals surface area contributed by atoms with Gasteiger partial charge in [0.25, 0.3) is 0 Å². The first-order valence-electron chi connectivity index (χ1n) is 5.46. The van der Waals surface area contributed by atoms with Gasteiger partial charge in [0.1, 0.15) is 18.2 Å². The summed E-state index contributed by atoms with van der Waals surface area (Å²) in [5.41, 5.74) is 0.802. The average Bonchev–Trinajstić information content (AvgIpc) is 2.40. The number of carboxylic acids is 1. The van der Waals surface area contributed by atoms with Crippen molar-refractivity contribution in [1.29, 1.82) is 0 Å². The highest BCUT2D eigenvalue weighted by Crippen LogP contribution is 2.21. The zero-order chi connectivity index (χ0) is 13.8. The molecule has 0 radical (unpaired) electrons. The molecule has 0 spiro atoms. The first-order valence-corrected chi connectivity index (χ1v) is 6.25. The van der Waals surface area contributed by atoms with Crippen LogP contribution in [0.15, 0.2) is 46.9 Å².